The van der Waals surface area contributed by atoms with E-state index in [1.54, 1.807) is 12.1 Å². The average Bonchev–Trinajstić information content (AvgIpc) is 2.63. The quantitative estimate of drug-likeness (QED) is 0.592. The van der Waals surface area contributed by atoms with Gasteiger partial charge in [-0.15, -0.1) is 12.4 Å². The summed E-state index contributed by atoms with van der Waals surface area (Å²) >= 11 is 0. The van der Waals surface area contributed by atoms with Crippen LogP contribution in [0.15, 0.2) is 48.5 Å². The SMILES string of the molecule is CNCCCC(=O)Nc1ccccc1NC(=O)c1ccc(C(C)(C)C)cc1.Cl. The van der Waals surface area contributed by atoms with Crippen LogP contribution in [-0.2, 0) is 10.2 Å². The highest BCUT2D eigenvalue weighted by Gasteiger charge is 2.15. The number of halogens is 1. The van der Waals surface area contributed by atoms with E-state index in [9.17, 15) is 9.59 Å². The van der Waals surface area contributed by atoms with Crippen LogP contribution in [-0.4, -0.2) is 25.4 Å². The first-order valence-electron chi connectivity index (χ1n) is 9.26. The van der Waals surface area contributed by atoms with Gasteiger partial charge in [0.05, 0.1) is 11.4 Å². The van der Waals surface area contributed by atoms with Crippen LogP contribution >= 0.6 is 12.4 Å². The number of hydrogen-bond donors (Lipinski definition) is 3. The van der Waals surface area contributed by atoms with E-state index in [1.807, 2.05) is 43.4 Å². The zero-order valence-corrected chi connectivity index (χ0v) is 17.8. The zero-order chi connectivity index (χ0) is 19.9. The van der Waals surface area contributed by atoms with Crippen molar-refractivity contribution in [2.45, 2.75) is 39.0 Å². The van der Waals surface area contributed by atoms with Crippen molar-refractivity contribution in [3.05, 3.63) is 59.7 Å². The minimum atomic E-state index is -0.202. The number of carbonyl (C=O) groups excluding carboxylic acids is 2. The molecular weight excluding hydrogens is 374 g/mol. The third kappa shape index (κ3) is 6.98. The Morgan fingerprint density at radius 1 is 0.893 bits per heavy atom. The van der Waals surface area contributed by atoms with Gasteiger partial charge < -0.3 is 16.0 Å². The summed E-state index contributed by atoms with van der Waals surface area (Å²) < 4.78 is 0. The van der Waals surface area contributed by atoms with Crippen molar-refractivity contribution in [1.82, 2.24) is 5.32 Å². The molecule has 2 aromatic carbocycles. The second kappa shape index (κ2) is 10.8. The summed E-state index contributed by atoms with van der Waals surface area (Å²) in [4.78, 5) is 24.7. The van der Waals surface area contributed by atoms with Crippen LogP contribution in [0.1, 0.15) is 49.5 Å². The fourth-order valence-corrected chi connectivity index (χ4v) is 2.66. The standard InChI is InChI=1S/C22H29N3O2.ClH/c1-22(2,3)17-13-11-16(12-14-17)21(27)25-19-9-6-5-8-18(19)24-20(26)10-7-15-23-4;/h5-6,8-9,11-14,23H,7,10,15H2,1-4H3,(H,24,26)(H,25,27);1H. The van der Waals surface area contributed by atoms with Gasteiger partial charge in [0.15, 0.2) is 0 Å². The molecule has 6 heteroatoms. The first-order chi connectivity index (χ1) is 12.8. The van der Waals surface area contributed by atoms with Crippen LogP contribution < -0.4 is 16.0 Å². The molecule has 2 rings (SSSR count). The molecule has 5 nitrogen and oxygen atoms in total. The second-order valence-electron chi connectivity index (χ2n) is 7.58. The molecule has 0 saturated heterocycles. The van der Waals surface area contributed by atoms with Gasteiger partial charge in [-0.25, -0.2) is 0 Å². The Bertz CT molecular complexity index is 783. The van der Waals surface area contributed by atoms with E-state index in [0.29, 0.717) is 23.4 Å². The highest BCUT2D eigenvalue weighted by atomic mass is 35.5. The third-order valence-electron chi connectivity index (χ3n) is 4.29. The lowest BCUT2D eigenvalue weighted by molar-refractivity contribution is -0.116. The van der Waals surface area contributed by atoms with Crippen LogP contribution in [0.5, 0.6) is 0 Å². The number of benzene rings is 2. The van der Waals surface area contributed by atoms with Gasteiger partial charge in [0.25, 0.3) is 5.91 Å². The minimum absolute atomic E-state index is 0. The molecule has 0 atom stereocenters. The molecule has 0 aliphatic carbocycles. The Morgan fingerprint density at radius 3 is 2.00 bits per heavy atom. The molecule has 0 aliphatic heterocycles. The average molecular weight is 404 g/mol. The Hall–Kier alpha value is -2.37. The molecule has 0 radical (unpaired) electrons. The number of hydrogen-bond acceptors (Lipinski definition) is 3. The maximum atomic E-state index is 12.6. The predicted molar refractivity (Wildman–Crippen MR) is 119 cm³/mol. The van der Waals surface area contributed by atoms with Gasteiger partial charge in [-0.05, 0) is 55.3 Å². The second-order valence-corrected chi connectivity index (χ2v) is 7.58. The molecule has 0 aromatic heterocycles. The third-order valence-corrected chi connectivity index (χ3v) is 4.29. The van der Waals surface area contributed by atoms with Gasteiger partial charge in [-0.1, -0.05) is 45.0 Å². The summed E-state index contributed by atoms with van der Waals surface area (Å²) in [5, 5.41) is 8.78. The molecule has 2 amide bonds. The van der Waals surface area contributed by atoms with Gasteiger partial charge in [0.2, 0.25) is 5.91 Å². The van der Waals surface area contributed by atoms with Crippen LogP contribution in [0, 0.1) is 0 Å². The molecule has 0 aliphatic rings. The summed E-state index contributed by atoms with van der Waals surface area (Å²) in [6, 6.07) is 14.8. The van der Waals surface area contributed by atoms with E-state index < -0.39 is 0 Å². The first kappa shape index (κ1) is 23.7. The van der Waals surface area contributed by atoms with Gasteiger partial charge in [0, 0.05) is 12.0 Å². The molecule has 0 heterocycles. The summed E-state index contributed by atoms with van der Waals surface area (Å²) in [7, 11) is 1.86. The molecule has 3 N–H and O–H groups in total. The van der Waals surface area contributed by atoms with E-state index in [4.69, 9.17) is 0 Å². The maximum Gasteiger partial charge on any atom is 0.255 e. The smallest absolute Gasteiger partial charge is 0.255 e. The Kier molecular flexibility index (Phi) is 9.16. The first-order valence-corrected chi connectivity index (χ1v) is 9.26. The van der Waals surface area contributed by atoms with Crippen molar-refractivity contribution in [3.8, 4) is 0 Å². The van der Waals surface area contributed by atoms with E-state index in [2.05, 4.69) is 36.7 Å². The van der Waals surface area contributed by atoms with E-state index in [0.717, 1.165) is 13.0 Å². The Balaban J connectivity index is 0.00000392. The van der Waals surface area contributed by atoms with Crippen molar-refractivity contribution in [3.63, 3.8) is 0 Å². The monoisotopic (exact) mass is 403 g/mol. The number of rotatable bonds is 7. The number of carbonyl (C=O) groups is 2. The van der Waals surface area contributed by atoms with Crippen molar-refractivity contribution in [1.29, 1.82) is 0 Å². The lowest BCUT2D eigenvalue weighted by atomic mass is 9.87. The summed E-state index contributed by atoms with van der Waals surface area (Å²) in [5.41, 5.74) is 2.99. The summed E-state index contributed by atoms with van der Waals surface area (Å²) in [5.74, 6) is -0.270. The number of anilines is 2. The Morgan fingerprint density at radius 2 is 1.46 bits per heavy atom. The summed E-state index contributed by atoms with van der Waals surface area (Å²) in [6.07, 6.45) is 1.19. The van der Waals surface area contributed by atoms with Crippen LogP contribution in [0.3, 0.4) is 0 Å². The largest absolute Gasteiger partial charge is 0.324 e. The van der Waals surface area contributed by atoms with Crippen LogP contribution in [0.4, 0.5) is 11.4 Å². The van der Waals surface area contributed by atoms with E-state index in [-0.39, 0.29) is 29.6 Å². The van der Waals surface area contributed by atoms with Crippen LogP contribution in [0.25, 0.3) is 0 Å². The highest BCUT2D eigenvalue weighted by molar-refractivity contribution is 6.07. The van der Waals surface area contributed by atoms with Gasteiger partial charge >= 0.3 is 0 Å². The number of amides is 2. The normalized spacial score (nSPS) is 10.7. The number of para-hydroxylation sites is 2. The molecule has 0 saturated carbocycles. The molecule has 28 heavy (non-hydrogen) atoms. The van der Waals surface area contributed by atoms with Crippen molar-refractivity contribution < 1.29 is 9.59 Å². The zero-order valence-electron chi connectivity index (χ0n) is 17.0. The lowest BCUT2D eigenvalue weighted by Crippen LogP contribution is -2.18. The molecule has 0 unspecified atom stereocenters. The van der Waals surface area contributed by atoms with Crippen molar-refractivity contribution in [2.75, 3.05) is 24.2 Å². The van der Waals surface area contributed by atoms with Gasteiger partial charge in [-0.3, -0.25) is 9.59 Å². The topological polar surface area (TPSA) is 70.2 Å². The number of nitrogens with one attached hydrogen (secondary N) is 3. The Labute approximate surface area is 173 Å². The molecule has 0 spiro atoms. The molecule has 0 bridgehead atoms. The molecular formula is C22H30ClN3O2. The van der Waals surface area contributed by atoms with Crippen LogP contribution in [0.2, 0.25) is 0 Å². The fourth-order valence-electron chi connectivity index (χ4n) is 2.66. The van der Waals surface area contributed by atoms with E-state index in [1.165, 1.54) is 5.56 Å². The van der Waals surface area contributed by atoms with Gasteiger partial charge in [-0.2, -0.15) is 0 Å². The fraction of sp³-hybridized carbons (Fsp3) is 0.364. The lowest BCUT2D eigenvalue weighted by Gasteiger charge is -2.19. The van der Waals surface area contributed by atoms with Crippen molar-refractivity contribution in [2.24, 2.45) is 0 Å². The maximum absolute atomic E-state index is 12.6. The molecule has 2 aromatic rings. The molecule has 0 fully saturated rings. The minimum Gasteiger partial charge on any atom is -0.324 e. The predicted octanol–water partition coefficient (Wildman–Crippen LogP) is 4.60. The summed E-state index contributed by atoms with van der Waals surface area (Å²) in [6.45, 7) is 7.20. The van der Waals surface area contributed by atoms with E-state index >= 15 is 0 Å². The van der Waals surface area contributed by atoms with Crippen molar-refractivity contribution >= 4 is 35.6 Å². The van der Waals surface area contributed by atoms with Gasteiger partial charge in [0.1, 0.15) is 0 Å². The highest BCUT2D eigenvalue weighted by Crippen LogP contribution is 2.24. The molecule has 152 valence electrons.